The number of hydrogen-bond acceptors (Lipinski definition) is 5. The van der Waals surface area contributed by atoms with Crippen molar-refractivity contribution in [2.75, 3.05) is 16.8 Å². The summed E-state index contributed by atoms with van der Waals surface area (Å²) in [6, 6.07) is 4.08. The van der Waals surface area contributed by atoms with Gasteiger partial charge in [0, 0.05) is 30.3 Å². The number of nitrogens with two attached hydrogens (primary N) is 1. The van der Waals surface area contributed by atoms with Gasteiger partial charge in [0.15, 0.2) is 0 Å². The number of hydrogen-bond donors (Lipinski definition) is 2. The monoisotopic (exact) mass is 306 g/mol. The van der Waals surface area contributed by atoms with Gasteiger partial charge >= 0.3 is 0 Å². The fourth-order valence-corrected chi connectivity index (χ4v) is 2.39. The molecule has 0 aliphatic carbocycles. The highest BCUT2D eigenvalue weighted by Gasteiger charge is 2.07. The number of anilines is 2. The van der Waals surface area contributed by atoms with Crippen molar-refractivity contribution in [2.45, 2.75) is 17.9 Å². The summed E-state index contributed by atoms with van der Waals surface area (Å²) in [6.07, 6.45) is 5.88. The second-order valence-corrected chi connectivity index (χ2v) is 5.40. The molecule has 0 atom stereocenters. The molecule has 3 N–H and O–H groups in total. The van der Waals surface area contributed by atoms with Crippen LogP contribution < -0.4 is 11.1 Å². The zero-order chi connectivity index (χ0) is 15.1. The zero-order valence-corrected chi connectivity index (χ0v) is 12.1. The highest BCUT2D eigenvalue weighted by molar-refractivity contribution is 7.99. The number of carbonyl (C=O) groups is 1. The van der Waals surface area contributed by atoms with E-state index in [0.29, 0.717) is 18.5 Å². The lowest BCUT2D eigenvalue weighted by Gasteiger charge is -2.07. The standard InChI is InChI=1S/C14H15FN4OS/c15-11-4-3-10(16)8-12(11)19-13(20)2-1-7-21-14-9-17-5-6-18-14/h3-6,8-9H,1-2,7,16H2,(H,19,20). The summed E-state index contributed by atoms with van der Waals surface area (Å²) in [5.74, 6) is 0.0108. The third kappa shape index (κ3) is 5.03. The second kappa shape index (κ2) is 7.58. The van der Waals surface area contributed by atoms with Crippen LogP contribution in [0.2, 0.25) is 0 Å². The molecule has 7 heteroatoms. The van der Waals surface area contributed by atoms with Crippen LogP contribution in [-0.4, -0.2) is 21.6 Å². The lowest BCUT2D eigenvalue weighted by molar-refractivity contribution is -0.116. The van der Waals surface area contributed by atoms with Gasteiger partial charge in [-0.25, -0.2) is 9.37 Å². The normalized spacial score (nSPS) is 10.3. The third-order valence-corrected chi connectivity index (χ3v) is 3.60. The Balaban J connectivity index is 1.74. The number of benzene rings is 1. The van der Waals surface area contributed by atoms with Crippen LogP contribution in [0.3, 0.4) is 0 Å². The van der Waals surface area contributed by atoms with Crippen molar-refractivity contribution in [1.29, 1.82) is 0 Å². The lowest BCUT2D eigenvalue weighted by atomic mass is 10.2. The number of nitrogen functional groups attached to an aromatic ring is 1. The van der Waals surface area contributed by atoms with E-state index in [0.717, 1.165) is 10.8 Å². The number of aromatic nitrogens is 2. The molecule has 1 aromatic carbocycles. The first-order valence-corrected chi connectivity index (χ1v) is 7.37. The Kier molecular flexibility index (Phi) is 5.51. The Labute approximate surface area is 126 Å². The summed E-state index contributed by atoms with van der Waals surface area (Å²) in [7, 11) is 0. The molecule has 0 spiro atoms. The van der Waals surface area contributed by atoms with Gasteiger partial charge in [-0.3, -0.25) is 9.78 Å². The molecular weight excluding hydrogens is 291 g/mol. The molecule has 2 aromatic rings. The summed E-state index contributed by atoms with van der Waals surface area (Å²) >= 11 is 1.53. The molecule has 1 aromatic heterocycles. The molecule has 0 aliphatic rings. The minimum Gasteiger partial charge on any atom is -0.399 e. The first-order valence-electron chi connectivity index (χ1n) is 6.39. The average molecular weight is 306 g/mol. The Bertz CT molecular complexity index is 609. The van der Waals surface area contributed by atoms with Gasteiger partial charge in [0.2, 0.25) is 5.91 Å². The van der Waals surface area contributed by atoms with Gasteiger partial charge in [-0.1, -0.05) is 0 Å². The number of rotatable bonds is 6. The molecule has 0 bridgehead atoms. The predicted octanol–water partition coefficient (Wildman–Crippen LogP) is 2.71. The zero-order valence-electron chi connectivity index (χ0n) is 11.3. The van der Waals surface area contributed by atoms with Crippen LogP contribution in [0.4, 0.5) is 15.8 Å². The maximum absolute atomic E-state index is 13.5. The summed E-state index contributed by atoms with van der Waals surface area (Å²) < 4.78 is 13.5. The van der Waals surface area contributed by atoms with E-state index >= 15 is 0 Å². The molecule has 1 amide bonds. The molecule has 0 aliphatic heterocycles. The number of carbonyl (C=O) groups excluding carboxylic acids is 1. The first-order chi connectivity index (χ1) is 10.1. The van der Waals surface area contributed by atoms with Gasteiger partial charge in [-0.2, -0.15) is 0 Å². The molecule has 0 unspecified atom stereocenters. The van der Waals surface area contributed by atoms with Gasteiger partial charge in [0.25, 0.3) is 0 Å². The van der Waals surface area contributed by atoms with Crippen molar-refractivity contribution in [3.8, 4) is 0 Å². The van der Waals surface area contributed by atoms with E-state index in [1.165, 1.54) is 30.0 Å². The van der Waals surface area contributed by atoms with E-state index in [-0.39, 0.29) is 11.6 Å². The van der Waals surface area contributed by atoms with E-state index in [1.54, 1.807) is 18.6 Å². The van der Waals surface area contributed by atoms with Crippen LogP contribution in [0.15, 0.2) is 41.8 Å². The number of halogens is 1. The molecule has 5 nitrogen and oxygen atoms in total. The Morgan fingerprint density at radius 2 is 2.24 bits per heavy atom. The summed E-state index contributed by atoms with van der Waals surface area (Å²) in [6.45, 7) is 0. The van der Waals surface area contributed by atoms with E-state index in [9.17, 15) is 9.18 Å². The minimum absolute atomic E-state index is 0.113. The molecule has 0 saturated carbocycles. The smallest absolute Gasteiger partial charge is 0.224 e. The highest BCUT2D eigenvalue weighted by atomic mass is 32.2. The Morgan fingerprint density at radius 3 is 3.00 bits per heavy atom. The van der Waals surface area contributed by atoms with Crippen molar-refractivity contribution in [3.63, 3.8) is 0 Å². The molecule has 0 radical (unpaired) electrons. The first kappa shape index (κ1) is 15.2. The van der Waals surface area contributed by atoms with Crippen LogP contribution in [0.5, 0.6) is 0 Å². The highest BCUT2D eigenvalue weighted by Crippen LogP contribution is 2.18. The summed E-state index contributed by atoms with van der Waals surface area (Å²) in [5.41, 5.74) is 6.08. The van der Waals surface area contributed by atoms with Gasteiger partial charge in [-0.05, 0) is 24.6 Å². The number of thioether (sulfide) groups is 1. The fraction of sp³-hybridized carbons (Fsp3) is 0.214. The summed E-state index contributed by atoms with van der Waals surface area (Å²) in [4.78, 5) is 19.8. The molecule has 0 saturated heterocycles. The average Bonchev–Trinajstić information content (AvgIpc) is 2.48. The van der Waals surface area contributed by atoms with Crippen molar-refractivity contribution in [1.82, 2.24) is 9.97 Å². The SMILES string of the molecule is Nc1ccc(F)c(NC(=O)CCCSc2cnccn2)c1. The van der Waals surface area contributed by atoms with Gasteiger partial charge < -0.3 is 11.1 Å². The van der Waals surface area contributed by atoms with Crippen molar-refractivity contribution in [2.24, 2.45) is 0 Å². The Hall–Kier alpha value is -2.15. The van der Waals surface area contributed by atoms with Crippen molar-refractivity contribution < 1.29 is 9.18 Å². The number of nitrogens with one attached hydrogen (secondary N) is 1. The maximum atomic E-state index is 13.5. The molecule has 0 fully saturated rings. The maximum Gasteiger partial charge on any atom is 0.224 e. The van der Waals surface area contributed by atoms with Gasteiger partial charge in [0.1, 0.15) is 10.8 Å². The molecule has 1 heterocycles. The quantitative estimate of drug-likeness (QED) is 0.487. The van der Waals surface area contributed by atoms with Crippen LogP contribution in [0.1, 0.15) is 12.8 Å². The van der Waals surface area contributed by atoms with Crippen LogP contribution in [-0.2, 0) is 4.79 Å². The second-order valence-electron chi connectivity index (χ2n) is 4.28. The number of nitrogens with zero attached hydrogens (tertiary/aromatic N) is 2. The van der Waals surface area contributed by atoms with Crippen molar-refractivity contribution in [3.05, 3.63) is 42.6 Å². The van der Waals surface area contributed by atoms with Gasteiger partial charge in [-0.15, -0.1) is 11.8 Å². The van der Waals surface area contributed by atoms with Crippen LogP contribution in [0.25, 0.3) is 0 Å². The van der Waals surface area contributed by atoms with E-state index in [2.05, 4.69) is 15.3 Å². The van der Waals surface area contributed by atoms with E-state index < -0.39 is 5.82 Å². The topological polar surface area (TPSA) is 80.9 Å². The molecule has 2 rings (SSSR count). The van der Waals surface area contributed by atoms with E-state index in [1.807, 2.05) is 0 Å². The lowest BCUT2D eigenvalue weighted by Crippen LogP contribution is -2.12. The summed E-state index contributed by atoms with van der Waals surface area (Å²) in [5, 5.41) is 3.34. The molecule has 21 heavy (non-hydrogen) atoms. The van der Waals surface area contributed by atoms with E-state index in [4.69, 9.17) is 5.73 Å². The van der Waals surface area contributed by atoms with Gasteiger partial charge in [0.05, 0.1) is 11.9 Å². The minimum atomic E-state index is -0.494. The molecular formula is C14H15FN4OS. The Morgan fingerprint density at radius 1 is 1.38 bits per heavy atom. The van der Waals surface area contributed by atoms with Crippen molar-refractivity contribution >= 4 is 29.0 Å². The molecule has 110 valence electrons. The largest absolute Gasteiger partial charge is 0.399 e. The third-order valence-electron chi connectivity index (χ3n) is 2.60. The number of amides is 1. The van der Waals surface area contributed by atoms with Crippen LogP contribution >= 0.6 is 11.8 Å². The fourth-order valence-electron chi connectivity index (χ4n) is 1.62. The van der Waals surface area contributed by atoms with Crippen LogP contribution in [0, 0.1) is 5.82 Å². The predicted molar refractivity (Wildman–Crippen MR) is 81.4 cm³/mol.